The average Bonchev–Trinajstić information content (AvgIpc) is 2.61. The molecule has 0 aromatic heterocycles. The number of carbonyl (C=O) groups is 1. The molecule has 2 aromatic rings. The Bertz CT molecular complexity index is 653. The third kappa shape index (κ3) is 5.10. The second-order valence-electron chi connectivity index (χ2n) is 5.90. The van der Waals surface area contributed by atoms with Gasteiger partial charge in [-0.05, 0) is 50.7 Å². The van der Waals surface area contributed by atoms with Crippen LogP contribution in [-0.2, 0) is 6.42 Å². The van der Waals surface area contributed by atoms with Crippen molar-refractivity contribution in [3.63, 3.8) is 0 Å². The van der Waals surface area contributed by atoms with Crippen LogP contribution < -0.4 is 10.1 Å². The highest BCUT2D eigenvalue weighted by Crippen LogP contribution is 2.13. The lowest BCUT2D eigenvalue weighted by atomic mass is 10.0. The van der Waals surface area contributed by atoms with Gasteiger partial charge in [0, 0.05) is 12.6 Å². The van der Waals surface area contributed by atoms with Gasteiger partial charge in [-0.25, -0.2) is 0 Å². The van der Waals surface area contributed by atoms with Crippen molar-refractivity contribution < 1.29 is 9.53 Å². The topological polar surface area (TPSA) is 41.6 Å². The molecule has 0 spiro atoms. The Morgan fingerprint density at radius 1 is 1.12 bits per heavy atom. The minimum atomic E-state index is 0.0363. The molecule has 2 rings (SSSR count). The first-order valence-electron chi connectivity index (χ1n) is 8.29. The van der Waals surface area contributed by atoms with E-state index in [1.807, 2.05) is 69.6 Å². The number of amides is 1. The normalized spacial score (nSPS) is 10.5. The fourth-order valence-corrected chi connectivity index (χ4v) is 2.45. The summed E-state index contributed by atoms with van der Waals surface area (Å²) < 4.78 is 5.71. The predicted molar refractivity (Wildman–Crippen MR) is 97.7 cm³/mol. The van der Waals surface area contributed by atoms with E-state index in [-0.39, 0.29) is 5.91 Å². The number of hydrogen-bond donors (Lipinski definition) is 1. The molecule has 24 heavy (non-hydrogen) atoms. The third-order valence-electron chi connectivity index (χ3n) is 3.96. The van der Waals surface area contributed by atoms with Gasteiger partial charge < -0.3 is 15.0 Å². The van der Waals surface area contributed by atoms with Crippen molar-refractivity contribution in [1.82, 2.24) is 10.2 Å². The van der Waals surface area contributed by atoms with E-state index in [1.165, 1.54) is 5.56 Å². The molecule has 0 aliphatic rings. The van der Waals surface area contributed by atoms with E-state index in [1.54, 1.807) is 4.90 Å². The van der Waals surface area contributed by atoms with E-state index >= 15 is 0 Å². The molecule has 0 saturated heterocycles. The van der Waals surface area contributed by atoms with Crippen LogP contribution in [0.2, 0.25) is 0 Å². The largest absolute Gasteiger partial charge is 0.492 e. The van der Waals surface area contributed by atoms with Crippen LogP contribution in [0.3, 0.4) is 0 Å². The average molecular weight is 326 g/mol. The van der Waals surface area contributed by atoms with Crippen LogP contribution in [0.15, 0.2) is 48.5 Å². The van der Waals surface area contributed by atoms with Crippen LogP contribution in [0.25, 0.3) is 0 Å². The zero-order valence-corrected chi connectivity index (χ0v) is 14.7. The maximum absolute atomic E-state index is 12.7. The second kappa shape index (κ2) is 9.08. The Kier molecular flexibility index (Phi) is 6.82. The van der Waals surface area contributed by atoms with Gasteiger partial charge in [-0.15, -0.1) is 0 Å². The molecule has 4 nitrogen and oxygen atoms in total. The molecule has 1 amide bonds. The number of carbonyl (C=O) groups excluding carboxylic acids is 1. The molecule has 0 fully saturated rings. The van der Waals surface area contributed by atoms with Crippen molar-refractivity contribution in [3.05, 3.63) is 65.2 Å². The molecular formula is C20H26N2O2. The Hall–Kier alpha value is -2.33. The van der Waals surface area contributed by atoms with Gasteiger partial charge in [0.1, 0.15) is 12.4 Å². The van der Waals surface area contributed by atoms with Crippen LogP contribution >= 0.6 is 0 Å². The standard InChI is InChI=1S/C20H26N2O2/c1-16-8-10-18(11-9-16)24-15-14-22(3)20(23)19-7-5-4-6-17(19)12-13-21-2/h4-11,21H,12-15H2,1-3H3. The van der Waals surface area contributed by atoms with Gasteiger partial charge in [-0.3, -0.25) is 4.79 Å². The van der Waals surface area contributed by atoms with E-state index in [9.17, 15) is 4.79 Å². The summed E-state index contributed by atoms with van der Waals surface area (Å²) >= 11 is 0. The Morgan fingerprint density at radius 2 is 1.83 bits per heavy atom. The molecule has 0 aliphatic carbocycles. The molecule has 0 aliphatic heterocycles. The molecular weight excluding hydrogens is 300 g/mol. The third-order valence-corrected chi connectivity index (χ3v) is 3.96. The zero-order chi connectivity index (χ0) is 17.4. The summed E-state index contributed by atoms with van der Waals surface area (Å²) in [5, 5.41) is 3.12. The summed E-state index contributed by atoms with van der Waals surface area (Å²) in [6.45, 7) is 3.92. The van der Waals surface area contributed by atoms with E-state index in [0.717, 1.165) is 29.8 Å². The van der Waals surface area contributed by atoms with E-state index in [2.05, 4.69) is 5.32 Å². The second-order valence-corrected chi connectivity index (χ2v) is 5.90. The van der Waals surface area contributed by atoms with Crippen LogP contribution in [-0.4, -0.2) is 44.6 Å². The lowest BCUT2D eigenvalue weighted by Crippen LogP contribution is -2.31. The highest BCUT2D eigenvalue weighted by atomic mass is 16.5. The van der Waals surface area contributed by atoms with Gasteiger partial charge >= 0.3 is 0 Å². The number of nitrogens with one attached hydrogen (secondary N) is 1. The SMILES string of the molecule is CNCCc1ccccc1C(=O)N(C)CCOc1ccc(C)cc1. The Labute approximate surface area is 144 Å². The maximum atomic E-state index is 12.7. The molecule has 0 atom stereocenters. The number of likely N-dealkylation sites (N-methyl/N-ethyl adjacent to an activating group) is 2. The fraction of sp³-hybridized carbons (Fsp3) is 0.350. The number of hydrogen-bond acceptors (Lipinski definition) is 3. The molecule has 1 N–H and O–H groups in total. The number of aryl methyl sites for hydroxylation is 1. The van der Waals surface area contributed by atoms with Crippen LogP contribution in [0.5, 0.6) is 5.75 Å². The van der Waals surface area contributed by atoms with Gasteiger partial charge in [-0.1, -0.05) is 35.9 Å². The summed E-state index contributed by atoms with van der Waals surface area (Å²) in [7, 11) is 3.73. The summed E-state index contributed by atoms with van der Waals surface area (Å²) in [6.07, 6.45) is 0.839. The van der Waals surface area contributed by atoms with E-state index < -0.39 is 0 Å². The molecule has 4 heteroatoms. The van der Waals surface area contributed by atoms with E-state index in [4.69, 9.17) is 4.74 Å². The first-order chi connectivity index (χ1) is 11.6. The van der Waals surface area contributed by atoms with Crippen molar-refractivity contribution in [3.8, 4) is 5.75 Å². The van der Waals surface area contributed by atoms with Crippen molar-refractivity contribution in [1.29, 1.82) is 0 Å². The van der Waals surface area contributed by atoms with Gasteiger partial charge in [0.15, 0.2) is 0 Å². The predicted octanol–water partition coefficient (Wildman–Crippen LogP) is 2.91. The number of nitrogens with zero attached hydrogens (tertiary/aromatic N) is 1. The first-order valence-corrected chi connectivity index (χ1v) is 8.29. The molecule has 0 saturated carbocycles. The minimum absolute atomic E-state index is 0.0363. The molecule has 2 aromatic carbocycles. The summed E-state index contributed by atoms with van der Waals surface area (Å²) in [5.41, 5.74) is 3.04. The van der Waals surface area contributed by atoms with Crippen LogP contribution in [0, 0.1) is 6.92 Å². The highest BCUT2D eigenvalue weighted by molar-refractivity contribution is 5.95. The molecule has 0 unspecified atom stereocenters. The summed E-state index contributed by atoms with van der Waals surface area (Å²) in [4.78, 5) is 14.4. The van der Waals surface area contributed by atoms with E-state index in [0.29, 0.717) is 13.2 Å². The fourth-order valence-electron chi connectivity index (χ4n) is 2.45. The van der Waals surface area contributed by atoms with Gasteiger partial charge in [0.2, 0.25) is 0 Å². The summed E-state index contributed by atoms with van der Waals surface area (Å²) in [5.74, 6) is 0.866. The van der Waals surface area contributed by atoms with Crippen LogP contribution in [0.1, 0.15) is 21.5 Å². The highest BCUT2D eigenvalue weighted by Gasteiger charge is 2.15. The molecule has 0 bridgehead atoms. The first kappa shape index (κ1) is 18.0. The molecule has 0 radical (unpaired) electrons. The molecule has 128 valence electrons. The maximum Gasteiger partial charge on any atom is 0.253 e. The summed E-state index contributed by atoms with van der Waals surface area (Å²) in [6, 6.07) is 15.7. The number of rotatable bonds is 8. The Balaban J connectivity index is 1.91. The van der Waals surface area contributed by atoms with Crippen molar-refractivity contribution >= 4 is 5.91 Å². The smallest absolute Gasteiger partial charge is 0.253 e. The zero-order valence-electron chi connectivity index (χ0n) is 14.7. The van der Waals surface area contributed by atoms with Crippen molar-refractivity contribution in [2.24, 2.45) is 0 Å². The van der Waals surface area contributed by atoms with Crippen molar-refractivity contribution in [2.75, 3.05) is 33.8 Å². The molecule has 0 heterocycles. The lowest BCUT2D eigenvalue weighted by molar-refractivity contribution is 0.0772. The quantitative estimate of drug-likeness (QED) is 0.811. The lowest BCUT2D eigenvalue weighted by Gasteiger charge is -2.19. The Morgan fingerprint density at radius 3 is 2.54 bits per heavy atom. The minimum Gasteiger partial charge on any atom is -0.492 e. The number of ether oxygens (including phenoxy) is 1. The number of benzene rings is 2. The van der Waals surface area contributed by atoms with Crippen molar-refractivity contribution in [2.45, 2.75) is 13.3 Å². The monoisotopic (exact) mass is 326 g/mol. The van der Waals surface area contributed by atoms with Gasteiger partial charge in [-0.2, -0.15) is 0 Å². The van der Waals surface area contributed by atoms with Crippen LogP contribution in [0.4, 0.5) is 0 Å². The van der Waals surface area contributed by atoms with Gasteiger partial charge in [0.05, 0.1) is 6.54 Å². The van der Waals surface area contributed by atoms with Gasteiger partial charge in [0.25, 0.3) is 5.91 Å².